The van der Waals surface area contributed by atoms with E-state index in [2.05, 4.69) is 5.32 Å². The zero-order chi connectivity index (χ0) is 13.8. The van der Waals surface area contributed by atoms with Crippen LogP contribution in [0.25, 0.3) is 0 Å². The molecule has 5 heteroatoms. The molecule has 0 spiro atoms. The molecule has 0 saturated carbocycles. The topological polar surface area (TPSA) is 75.4 Å². The number of hydrogen-bond donors (Lipinski definition) is 2. The van der Waals surface area contributed by atoms with Crippen LogP contribution in [-0.2, 0) is 9.59 Å². The van der Waals surface area contributed by atoms with Gasteiger partial charge < -0.3 is 16.0 Å². The summed E-state index contributed by atoms with van der Waals surface area (Å²) in [6, 6.07) is 7.32. The maximum atomic E-state index is 12.5. The number of nitrogens with one attached hydrogen (secondary N) is 1. The summed E-state index contributed by atoms with van der Waals surface area (Å²) in [5.41, 5.74) is 7.10. The minimum absolute atomic E-state index is 0.0633. The lowest BCUT2D eigenvalue weighted by atomic mass is 10.0. The summed E-state index contributed by atoms with van der Waals surface area (Å²) in [6.45, 7) is 2.40. The average molecular weight is 261 g/mol. The largest absolute Gasteiger partial charge is 0.330 e. The van der Waals surface area contributed by atoms with Gasteiger partial charge in [0.25, 0.3) is 0 Å². The molecule has 1 aliphatic rings. The van der Waals surface area contributed by atoms with Gasteiger partial charge in [-0.25, -0.2) is 0 Å². The van der Waals surface area contributed by atoms with E-state index in [4.69, 9.17) is 5.73 Å². The SMILES string of the molecule is CCCC(CN)C(=O)N1CC(=O)Nc2ccccc21. The fraction of sp³-hybridized carbons (Fsp3) is 0.429. The first-order valence-corrected chi connectivity index (χ1v) is 6.57. The van der Waals surface area contributed by atoms with Crippen LogP contribution in [0.4, 0.5) is 11.4 Å². The lowest BCUT2D eigenvalue weighted by Crippen LogP contribution is -2.46. The van der Waals surface area contributed by atoms with E-state index in [1.54, 1.807) is 11.0 Å². The molecule has 1 aromatic rings. The van der Waals surface area contributed by atoms with Crippen LogP contribution in [0.15, 0.2) is 24.3 Å². The maximum Gasteiger partial charge on any atom is 0.244 e. The standard InChI is InChI=1S/C14H19N3O2/c1-2-5-10(8-15)14(19)17-9-13(18)16-11-6-3-4-7-12(11)17/h3-4,6-7,10H,2,5,8-9,15H2,1H3,(H,16,18). The lowest BCUT2D eigenvalue weighted by Gasteiger charge is -2.31. The second kappa shape index (κ2) is 5.84. The van der Waals surface area contributed by atoms with Crippen molar-refractivity contribution in [3.63, 3.8) is 0 Å². The molecule has 3 N–H and O–H groups in total. The molecule has 102 valence electrons. The highest BCUT2D eigenvalue weighted by Crippen LogP contribution is 2.30. The van der Waals surface area contributed by atoms with Crippen LogP contribution >= 0.6 is 0 Å². The number of para-hydroxylation sites is 2. The third-order valence-electron chi connectivity index (χ3n) is 3.31. The number of fused-ring (bicyclic) bond motifs is 1. The molecular weight excluding hydrogens is 242 g/mol. The zero-order valence-electron chi connectivity index (χ0n) is 11.1. The molecule has 2 rings (SSSR count). The summed E-state index contributed by atoms with van der Waals surface area (Å²) >= 11 is 0. The van der Waals surface area contributed by atoms with Crippen LogP contribution in [0.2, 0.25) is 0 Å². The zero-order valence-corrected chi connectivity index (χ0v) is 11.1. The van der Waals surface area contributed by atoms with Gasteiger partial charge in [-0.2, -0.15) is 0 Å². The maximum absolute atomic E-state index is 12.5. The summed E-state index contributed by atoms with van der Waals surface area (Å²) in [5.74, 6) is -0.449. The number of nitrogens with zero attached hydrogens (tertiary/aromatic N) is 1. The van der Waals surface area contributed by atoms with E-state index >= 15 is 0 Å². The van der Waals surface area contributed by atoms with Gasteiger partial charge in [0.05, 0.1) is 17.3 Å². The van der Waals surface area contributed by atoms with Gasteiger partial charge in [0.1, 0.15) is 6.54 Å². The molecule has 1 aromatic carbocycles. The van der Waals surface area contributed by atoms with Crippen LogP contribution in [0.5, 0.6) is 0 Å². The van der Waals surface area contributed by atoms with Crippen LogP contribution in [0.1, 0.15) is 19.8 Å². The molecule has 5 nitrogen and oxygen atoms in total. The Bertz CT molecular complexity index is 487. The van der Waals surface area contributed by atoms with Gasteiger partial charge in [-0.1, -0.05) is 25.5 Å². The van der Waals surface area contributed by atoms with Crippen molar-refractivity contribution in [2.24, 2.45) is 11.7 Å². The Morgan fingerprint density at radius 3 is 2.89 bits per heavy atom. The van der Waals surface area contributed by atoms with Crippen LogP contribution in [0.3, 0.4) is 0 Å². The minimum Gasteiger partial charge on any atom is -0.330 e. The molecule has 19 heavy (non-hydrogen) atoms. The van der Waals surface area contributed by atoms with Gasteiger partial charge >= 0.3 is 0 Å². The normalized spacial score (nSPS) is 15.7. The quantitative estimate of drug-likeness (QED) is 0.859. The molecule has 0 saturated heterocycles. The number of anilines is 2. The van der Waals surface area contributed by atoms with Gasteiger partial charge in [-0.15, -0.1) is 0 Å². The predicted octanol–water partition coefficient (Wildman–Crippen LogP) is 1.35. The Kier molecular flexibility index (Phi) is 4.16. The van der Waals surface area contributed by atoms with Crippen molar-refractivity contribution < 1.29 is 9.59 Å². The van der Waals surface area contributed by atoms with Crippen molar-refractivity contribution in [1.82, 2.24) is 0 Å². The molecule has 0 fully saturated rings. The van der Waals surface area contributed by atoms with E-state index in [0.717, 1.165) is 18.5 Å². The van der Waals surface area contributed by atoms with Crippen LogP contribution in [0, 0.1) is 5.92 Å². The fourth-order valence-corrected chi connectivity index (χ4v) is 2.34. The van der Waals surface area contributed by atoms with Crippen LogP contribution in [-0.4, -0.2) is 24.9 Å². The first-order chi connectivity index (χ1) is 9.17. The van der Waals surface area contributed by atoms with Gasteiger partial charge in [0.15, 0.2) is 0 Å². The second-order valence-corrected chi connectivity index (χ2v) is 4.71. The smallest absolute Gasteiger partial charge is 0.244 e. The molecular formula is C14H19N3O2. The third-order valence-corrected chi connectivity index (χ3v) is 3.31. The molecule has 1 atom stereocenters. The molecule has 0 aliphatic carbocycles. The highest BCUT2D eigenvalue weighted by molar-refractivity contribution is 6.10. The van der Waals surface area contributed by atoms with Crippen molar-refractivity contribution in [2.75, 3.05) is 23.3 Å². The fourth-order valence-electron chi connectivity index (χ4n) is 2.34. The molecule has 0 radical (unpaired) electrons. The number of hydrogen-bond acceptors (Lipinski definition) is 3. The second-order valence-electron chi connectivity index (χ2n) is 4.71. The van der Waals surface area contributed by atoms with Crippen molar-refractivity contribution in [3.8, 4) is 0 Å². The molecule has 1 aliphatic heterocycles. The van der Waals surface area contributed by atoms with Gasteiger partial charge in [0, 0.05) is 6.54 Å². The van der Waals surface area contributed by atoms with E-state index in [9.17, 15) is 9.59 Å². The molecule has 0 aromatic heterocycles. The number of carbonyl (C=O) groups excluding carboxylic acids is 2. The van der Waals surface area contributed by atoms with E-state index in [0.29, 0.717) is 12.2 Å². The molecule has 2 amide bonds. The Morgan fingerprint density at radius 2 is 2.21 bits per heavy atom. The van der Waals surface area contributed by atoms with Crippen LogP contribution < -0.4 is 16.0 Å². The molecule has 0 bridgehead atoms. The van der Waals surface area contributed by atoms with E-state index in [1.807, 2.05) is 25.1 Å². The van der Waals surface area contributed by atoms with Gasteiger partial charge in [-0.05, 0) is 18.6 Å². The summed E-state index contributed by atoms with van der Waals surface area (Å²) in [4.78, 5) is 25.7. The van der Waals surface area contributed by atoms with E-state index < -0.39 is 0 Å². The summed E-state index contributed by atoms with van der Waals surface area (Å²) in [7, 11) is 0. The highest BCUT2D eigenvalue weighted by Gasteiger charge is 2.30. The summed E-state index contributed by atoms with van der Waals surface area (Å²) < 4.78 is 0. The van der Waals surface area contributed by atoms with E-state index in [1.165, 1.54) is 0 Å². The average Bonchev–Trinajstić information content (AvgIpc) is 2.43. The number of carbonyl (C=O) groups is 2. The number of rotatable bonds is 4. The lowest BCUT2D eigenvalue weighted by molar-refractivity contribution is -0.124. The third kappa shape index (κ3) is 2.76. The molecule has 1 unspecified atom stereocenters. The summed E-state index contributed by atoms with van der Waals surface area (Å²) in [5, 5.41) is 2.77. The van der Waals surface area contributed by atoms with Crippen molar-refractivity contribution in [2.45, 2.75) is 19.8 Å². The Morgan fingerprint density at radius 1 is 1.47 bits per heavy atom. The number of nitrogens with two attached hydrogens (primary N) is 1. The van der Waals surface area contributed by atoms with Crippen molar-refractivity contribution in [3.05, 3.63) is 24.3 Å². The Labute approximate surface area is 112 Å². The Hall–Kier alpha value is -1.88. The Balaban J connectivity index is 2.29. The first kappa shape index (κ1) is 13.5. The molecule has 1 heterocycles. The minimum atomic E-state index is -0.219. The van der Waals surface area contributed by atoms with Crippen molar-refractivity contribution >= 4 is 23.2 Å². The number of amides is 2. The first-order valence-electron chi connectivity index (χ1n) is 6.57. The van der Waals surface area contributed by atoms with Crippen molar-refractivity contribution in [1.29, 1.82) is 0 Å². The number of benzene rings is 1. The predicted molar refractivity (Wildman–Crippen MR) is 74.9 cm³/mol. The summed E-state index contributed by atoms with van der Waals surface area (Å²) in [6.07, 6.45) is 1.64. The monoisotopic (exact) mass is 261 g/mol. The van der Waals surface area contributed by atoms with E-state index in [-0.39, 0.29) is 24.3 Å². The van der Waals surface area contributed by atoms with Gasteiger partial charge in [0.2, 0.25) is 11.8 Å². The van der Waals surface area contributed by atoms with Gasteiger partial charge in [-0.3, -0.25) is 9.59 Å². The highest BCUT2D eigenvalue weighted by atomic mass is 16.2.